The van der Waals surface area contributed by atoms with Gasteiger partial charge in [0.2, 0.25) is 5.95 Å². The van der Waals surface area contributed by atoms with Crippen LogP contribution in [0.5, 0.6) is 0 Å². The van der Waals surface area contributed by atoms with E-state index in [0.717, 1.165) is 16.7 Å². The summed E-state index contributed by atoms with van der Waals surface area (Å²) in [6, 6.07) is 8.32. The molecule has 0 spiro atoms. The number of hydrogen-bond acceptors (Lipinski definition) is 2. The average Bonchev–Trinajstić information content (AvgIpc) is 2.88. The van der Waals surface area contributed by atoms with Crippen molar-refractivity contribution in [3.8, 4) is 0 Å². The van der Waals surface area contributed by atoms with Crippen LogP contribution in [0.1, 0.15) is 38.1 Å². The third-order valence-electron chi connectivity index (χ3n) is 3.72. The smallest absolute Gasteiger partial charge is 0.207 e. The topological polar surface area (TPSA) is 29.9 Å². The van der Waals surface area contributed by atoms with Crippen molar-refractivity contribution in [2.45, 2.75) is 38.1 Å². The van der Waals surface area contributed by atoms with Gasteiger partial charge in [-0.05, 0) is 31.0 Å². The van der Waals surface area contributed by atoms with Gasteiger partial charge in [0.05, 0.1) is 0 Å². The highest BCUT2D eigenvalue weighted by molar-refractivity contribution is 6.30. The second kappa shape index (κ2) is 5.66. The first-order chi connectivity index (χ1) is 9.33. The maximum atomic E-state index is 6.01. The third kappa shape index (κ3) is 2.92. The molecule has 0 amide bonds. The van der Waals surface area contributed by atoms with Crippen LogP contribution in [0.3, 0.4) is 0 Å². The van der Waals surface area contributed by atoms with E-state index < -0.39 is 0 Å². The summed E-state index contributed by atoms with van der Waals surface area (Å²) in [5.41, 5.74) is 0.982. The van der Waals surface area contributed by atoms with E-state index in [4.69, 9.17) is 11.6 Å². The molecule has 0 atom stereocenters. The van der Waals surface area contributed by atoms with Crippen LogP contribution in [-0.2, 0) is 0 Å². The second-order valence-electron chi connectivity index (χ2n) is 5.09. The molecule has 0 unspecified atom stereocenters. The molecule has 1 fully saturated rings. The fraction of sp³-hybridized carbons (Fsp3) is 0.400. The Hall–Kier alpha value is -1.48. The number of imidazole rings is 1. The molecular formula is C15H18ClN3. The average molecular weight is 276 g/mol. The molecule has 1 aliphatic rings. The Morgan fingerprint density at radius 3 is 2.84 bits per heavy atom. The fourth-order valence-corrected chi connectivity index (χ4v) is 2.95. The van der Waals surface area contributed by atoms with Crippen molar-refractivity contribution >= 4 is 23.2 Å². The summed E-state index contributed by atoms with van der Waals surface area (Å²) in [4.78, 5) is 4.43. The molecule has 0 radical (unpaired) electrons. The Kier molecular flexibility index (Phi) is 3.74. The summed E-state index contributed by atoms with van der Waals surface area (Å²) in [6.45, 7) is 0. The van der Waals surface area contributed by atoms with Gasteiger partial charge in [-0.3, -0.25) is 0 Å². The Morgan fingerprint density at radius 1 is 1.21 bits per heavy atom. The molecule has 0 aliphatic heterocycles. The highest BCUT2D eigenvalue weighted by atomic mass is 35.5. The molecule has 1 aliphatic carbocycles. The minimum Gasteiger partial charge on any atom is -0.326 e. The van der Waals surface area contributed by atoms with Gasteiger partial charge in [0, 0.05) is 29.1 Å². The third-order valence-corrected chi connectivity index (χ3v) is 3.95. The van der Waals surface area contributed by atoms with Crippen molar-refractivity contribution in [3.63, 3.8) is 0 Å². The van der Waals surface area contributed by atoms with Gasteiger partial charge in [0.1, 0.15) is 0 Å². The lowest BCUT2D eigenvalue weighted by atomic mass is 9.95. The minimum atomic E-state index is 0.581. The van der Waals surface area contributed by atoms with Crippen LogP contribution in [0.15, 0.2) is 36.7 Å². The number of halogens is 1. The van der Waals surface area contributed by atoms with E-state index in [1.165, 1.54) is 32.1 Å². The van der Waals surface area contributed by atoms with Crippen LogP contribution >= 0.6 is 11.6 Å². The van der Waals surface area contributed by atoms with Gasteiger partial charge in [0.15, 0.2) is 0 Å². The van der Waals surface area contributed by atoms with Gasteiger partial charge in [-0.15, -0.1) is 0 Å². The Bertz CT molecular complexity index is 544. The van der Waals surface area contributed by atoms with E-state index in [1.54, 1.807) is 0 Å². The summed E-state index contributed by atoms with van der Waals surface area (Å²) >= 11 is 6.01. The van der Waals surface area contributed by atoms with Gasteiger partial charge in [-0.2, -0.15) is 0 Å². The van der Waals surface area contributed by atoms with Crippen molar-refractivity contribution in [3.05, 3.63) is 41.7 Å². The summed E-state index contributed by atoms with van der Waals surface area (Å²) < 4.78 is 2.26. The molecule has 2 aromatic rings. The number of aromatic nitrogens is 2. The predicted molar refractivity (Wildman–Crippen MR) is 79.1 cm³/mol. The molecule has 0 bridgehead atoms. The van der Waals surface area contributed by atoms with Crippen LogP contribution in [-0.4, -0.2) is 9.55 Å². The summed E-state index contributed by atoms with van der Waals surface area (Å²) in [7, 11) is 0. The zero-order chi connectivity index (χ0) is 13.1. The van der Waals surface area contributed by atoms with Crippen molar-refractivity contribution < 1.29 is 0 Å². The van der Waals surface area contributed by atoms with Crippen LogP contribution < -0.4 is 5.32 Å². The van der Waals surface area contributed by atoms with E-state index in [0.29, 0.717) is 6.04 Å². The predicted octanol–water partition coefficient (Wildman–Crippen LogP) is 4.79. The minimum absolute atomic E-state index is 0.581. The van der Waals surface area contributed by atoms with Gasteiger partial charge in [0.25, 0.3) is 0 Å². The van der Waals surface area contributed by atoms with E-state index in [9.17, 15) is 0 Å². The molecule has 19 heavy (non-hydrogen) atoms. The van der Waals surface area contributed by atoms with Gasteiger partial charge in [-0.25, -0.2) is 4.98 Å². The van der Waals surface area contributed by atoms with Gasteiger partial charge < -0.3 is 9.88 Å². The Morgan fingerprint density at radius 2 is 2.05 bits per heavy atom. The molecule has 0 saturated heterocycles. The van der Waals surface area contributed by atoms with Gasteiger partial charge in [-0.1, -0.05) is 36.9 Å². The van der Waals surface area contributed by atoms with Crippen LogP contribution in [0, 0.1) is 0 Å². The standard InChI is InChI=1S/C15H18ClN3/c16-12-5-4-6-13(11-12)18-15-17-9-10-19(15)14-7-2-1-3-8-14/h4-6,9-11,14H,1-3,7-8H2,(H,17,18). The van der Waals surface area contributed by atoms with E-state index >= 15 is 0 Å². The highest BCUT2D eigenvalue weighted by Crippen LogP contribution is 2.31. The summed E-state index contributed by atoms with van der Waals surface area (Å²) in [5.74, 6) is 0.911. The first-order valence-electron chi connectivity index (χ1n) is 6.88. The fourth-order valence-electron chi connectivity index (χ4n) is 2.76. The van der Waals surface area contributed by atoms with Crippen LogP contribution in [0.4, 0.5) is 11.6 Å². The Labute approximate surface area is 118 Å². The van der Waals surface area contributed by atoms with Crippen LogP contribution in [0.2, 0.25) is 5.02 Å². The quantitative estimate of drug-likeness (QED) is 0.873. The molecule has 3 rings (SSSR count). The molecule has 1 heterocycles. The number of rotatable bonds is 3. The molecular weight excluding hydrogens is 258 g/mol. The molecule has 1 N–H and O–H groups in total. The summed E-state index contributed by atoms with van der Waals surface area (Å²) in [5, 5.41) is 4.09. The molecule has 1 aromatic carbocycles. The van der Waals surface area contributed by atoms with Crippen molar-refractivity contribution in [2.24, 2.45) is 0 Å². The van der Waals surface area contributed by atoms with E-state index in [-0.39, 0.29) is 0 Å². The zero-order valence-corrected chi connectivity index (χ0v) is 11.6. The maximum absolute atomic E-state index is 6.01. The lowest BCUT2D eigenvalue weighted by Gasteiger charge is -2.24. The first-order valence-corrected chi connectivity index (χ1v) is 7.26. The maximum Gasteiger partial charge on any atom is 0.207 e. The lowest BCUT2D eigenvalue weighted by Crippen LogP contribution is -2.14. The molecule has 4 heteroatoms. The number of nitrogens with one attached hydrogen (secondary N) is 1. The number of anilines is 2. The number of nitrogens with zero attached hydrogens (tertiary/aromatic N) is 2. The zero-order valence-electron chi connectivity index (χ0n) is 10.8. The molecule has 3 nitrogen and oxygen atoms in total. The summed E-state index contributed by atoms with van der Waals surface area (Å²) in [6.07, 6.45) is 10.4. The molecule has 1 aromatic heterocycles. The first kappa shape index (κ1) is 12.5. The second-order valence-corrected chi connectivity index (χ2v) is 5.52. The van der Waals surface area contributed by atoms with E-state index in [2.05, 4.69) is 21.1 Å². The number of hydrogen-bond donors (Lipinski definition) is 1. The highest BCUT2D eigenvalue weighted by Gasteiger charge is 2.17. The Balaban J connectivity index is 1.80. The normalized spacial score (nSPS) is 16.5. The SMILES string of the molecule is Clc1cccc(Nc2nccn2C2CCCCC2)c1. The van der Waals surface area contributed by atoms with Crippen molar-refractivity contribution in [1.82, 2.24) is 9.55 Å². The van der Waals surface area contributed by atoms with Crippen molar-refractivity contribution in [2.75, 3.05) is 5.32 Å². The number of benzene rings is 1. The largest absolute Gasteiger partial charge is 0.326 e. The van der Waals surface area contributed by atoms with Crippen LogP contribution in [0.25, 0.3) is 0 Å². The molecule has 1 saturated carbocycles. The van der Waals surface area contributed by atoms with Crippen molar-refractivity contribution in [1.29, 1.82) is 0 Å². The lowest BCUT2D eigenvalue weighted by molar-refractivity contribution is 0.356. The van der Waals surface area contributed by atoms with Gasteiger partial charge >= 0.3 is 0 Å². The monoisotopic (exact) mass is 275 g/mol. The van der Waals surface area contributed by atoms with E-state index in [1.807, 2.05) is 30.5 Å². The molecule has 100 valence electrons.